The van der Waals surface area contributed by atoms with Gasteiger partial charge in [0.05, 0.1) is 31.3 Å². The van der Waals surface area contributed by atoms with Crippen molar-refractivity contribution < 1.29 is 38.5 Å². The standard InChI is InChI=1S/C39H47N3O8/c1-7-49-32-20-27(12-13-31(32)50-22-33(44)42-14-16-48-17-15-42)34-35(37(45)40-28-18-23(2)8-10-25(28)4)30(43)21-39(6,47)36(34)38(46)41-29-19-24(3)9-11-26(29)5/h8-13,18-20,34-36,47H,7,14-17,21-22H2,1-6H3,(H,40,45)(H,41,46). The van der Waals surface area contributed by atoms with Gasteiger partial charge in [-0.25, -0.2) is 0 Å². The van der Waals surface area contributed by atoms with Crippen LogP contribution in [0.1, 0.15) is 54.0 Å². The second kappa shape index (κ2) is 15.4. The van der Waals surface area contributed by atoms with Crippen LogP contribution in [0.15, 0.2) is 54.6 Å². The molecule has 3 aromatic rings. The maximum Gasteiger partial charge on any atom is 0.260 e. The molecule has 1 heterocycles. The van der Waals surface area contributed by atoms with E-state index in [1.807, 2.05) is 64.1 Å². The van der Waals surface area contributed by atoms with Crippen LogP contribution in [0.4, 0.5) is 11.4 Å². The zero-order valence-electron chi connectivity index (χ0n) is 29.6. The molecule has 50 heavy (non-hydrogen) atoms. The van der Waals surface area contributed by atoms with Crippen molar-refractivity contribution in [2.45, 2.75) is 59.5 Å². The summed E-state index contributed by atoms with van der Waals surface area (Å²) in [5.74, 6) is -4.87. The van der Waals surface area contributed by atoms with Gasteiger partial charge in [0, 0.05) is 36.8 Å². The van der Waals surface area contributed by atoms with Crippen LogP contribution in [0.3, 0.4) is 0 Å². The molecule has 1 aliphatic carbocycles. The maximum absolute atomic E-state index is 14.3. The van der Waals surface area contributed by atoms with Gasteiger partial charge in [0.25, 0.3) is 5.91 Å². The van der Waals surface area contributed by atoms with Gasteiger partial charge in [-0.1, -0.05) is 30.3 Å². The fourth-order valence-corrected chi connectivity index (χ4v) is 6.82. The van der Waals surface area contributed by atoms with E-state index in [1.165, 1.54) is 6.92 Å². The first-order valence-corrected chi connectivity index (χ1v) is 17.1. The van der Waals surface area contributed by atoms with Crippen LogP contribution in [0.25, 0.3) is 0 Å². The molecule has 1 saturated heterocycles. The van der Waals surface area contributed by atoms with Crippen LogP contribution in [0, 0.1) is 39.5 Å². The van der Waals surface area contributed by atoms with Crippen LogP contribution in [-0.4, -0.2) is 78.6 Å². The Hall–Kier alpha value is -4.74. The average Bonchev–Trinajstić information content (AvgIpc) is 3.07. The predicted octanol–water partition coefficient (Wildman–Crippen LogP) is 4.87. The van der Waals surface area contributed by atoms with Crippen molar-refractivity contribution in [1.29, 1.82) is 0 Å². The Morgan fingerprint density at radius 1 is 0.860 bits per heavy atom. The topological polar surface area (TPSA) is 144 Å². The SMILES string of the molecule is CCOc1cc(C2C(C(=O)Nc3cc(C)ccc3C)C(=O)CC(C)(O)C2C(=O)Nc2cc(C)ccc2C)ccc1OCC(=O)N1CCOCC1. The molecule has 266 valence electrons. The van der Waals surface area contributed by atoms with Crippen molar-refractivity contribution >= 4 is 34.9 Å². The summed E-state index contributed by atoms with van der Waals surface area (Å²) in [4.78, 5) is 57.0. The van der Waals surface area contributed by atoms with E-state index in [1.54, 1.807) is 30.0 Å². The zero-order chi connectivity index (χ0) is 36.2. The van der Waals surface area contributed by atoms with Crippen LogP contribution >= 0.6 is 0 Å². The Bertz CT molecular complexity index is 1760. The number of rotatable bonds is 10. The highest BCUT2D eigenvalue weighted by molar-refractivity contribution is 6.10. The lowest BCUT2D eigenvalue weighted by Crippen LogP contribution is -2.56. The first-order chi connectivity index (χ1) is 23.8. The van der Waals surface area contributed by atoms with E-state index in [-0.39, 0.29) is 24.9 Å². The van der Waals surface area contributed by atoms with Gasteiger partial charge in [-0.3, -0.25) is 19.2 Å². The number of ketones is 1. The molecule has 4 unspecified atom stereocenters. The summed E-state index contributed by atoms with van der Waals surface area (Å²) in [6.45, 7) is 12.7. The van der Waals surface area contributed by atoms with Crippen LogP contribution in [0.2, 0.25) is 0 Å². The number of hydrogen-bond donors (Lipinski definition) is 3. The number of hydrogen-bond acceptors (Lipinski definition) is 8. The van der Waals surface area contributed by atoms with Gasteiger partial charge in [0.15, 0.2) is 18.1 Å². The van der Waals surface area contributed by atoms with E-state index in [4.69, 9.17) is 14.2 Å². The highest BCUT2D eigenvalue weighted by Gasteiger charge is 2.56. The number of amides is 3. The smallest absolute Gasteiger partial charge is 0.260 e. The molecule has 4 atom stereocenters. The van der Waals surface area contributed by atoms with E-state index in [0.717, 1.165) is 22.3 Å². The minimum absolute atomic E-state index is 0.194. The van der Waals surface area contributed by atoms with Gasteiger partial charge in [-0.2, -0.15) is 0 Å². The largest absolute Gasteiger partial charge is 0.490 e. The summed E-state index contributed by atoms with van der Waals surface area (Å²) in [5.41, 5.74) is 3.25. The second-order valence-electron chi connectivity index (χ2n) is 13.5. The number of aryl methyl sites for hydroxylation is 4. The molecular formula is C39H47N3O8. The molecule has 3 N–H and O–H groups in total. The molecule has 0 aromatic heterocycles. The Kier molecular flexibility index (Phi) is 11.3. The highest BCUT2D eigenvalue weighted by Crippen LogP contribution is 2.48. The molecule has 0 radical (unpaired) electrons. The number of Topliss-reactive ketones (excluding diaryl/α,β-unsaturated/α-hetero) is 1. The first kappa shape index (κ1) is 36.5. The molecule has 5 rings (SSSR count). The van der Waals surface area contributed by atoms with Crippen molar-refractivity contribution in [3.8, 4) is 11.5 Å². The lowest BCUT2D eigenvalue weighted by atomic mass is 9.61. The van der Waals surface area contributed by atoms with Crippen molar-refractivity contribution in [3.63, 3.8) is 0 Å². The third-order valence-corrected chi connectivity index (χ3v) is 9.50. The lowest BCUT2D eigenvalue weighted by molar-refractivity contribution is -0.151. The third kappa shape index (κ3) is 8.17. The van der Waals surface area contributed by atoms with Crippen LogP contribution in [-0.2, 0) is 23.9 Å². The summed E-state index contributed by atoms with van der Waals surface area (Å²) in [5, 5.41) is 17.8. The summed E-state index contributed by atoms with van der Waals surface area (Å²) < 4.78 is 17.2. The van der Waals surface area contributed by atoms with Gasteiger partial charge in [0.1, 0.15) is 11.7 Å². The molecule has 2 aliphatic rings. The minimum Gasteiger partial charge on any atom is -0.490 e. The van der Waals surface area contributed by atoms with E-state index in [9.17, 15) is 24.3 Å². The number of anilines is 2. The Morgan fingerprint density at radius 3 is 2.06 bits per heavy atom. The summed E-state index contributed by atoms with van der Waals surface area (Å²) in [7, 11) is 0. The second-order valence-corrected chi connectivity index (χ2v) is 13.5. The minimum atomic E-state index is -1.80. The van der Waals surface area contributed by atoms with Crippen molar-refractivity contribution in [1.82, 2.24) is 4.90 Å². The first-order valence-electron chi connectivity index (χ1n) is 17.1. The number of nitrogens with one attached hydrogen (secondary N) is 2. The number of morpholine rings is 1. The van der Waals surface area contributed by atoms with Crippen molar-refractivity contribution in [3.05, 3.63) is 82.4 Å². The molecular weight excluding hydrogens is 638 g/mol. The summed E-state index contributed by atoms with van der Waals surface area (Å²) in [6.07, 6.45) is -0.400. The number of nitrogens with zero attached hydrogens (tertiary/aromatic N) is 1. The molecule has 3 aromatic carbocycles. The Balaban J connectivity index is 1.56. The lowest BCUT2D eigenvalue weighted by Gasteiger charge is -2.44. The van der Waals surface area contributed by atoms with Crippen LogP contribution < -0.4 is 20.1 Å². The normalized spacial score (nSPS) is 22.1. The van der Waals surface area contributed by atoms with Gasteiger partial charge >= 0.3 is 0 Å². The quantitative estimate of drug-likeness (QED) is 0.257. The Labute approximate surface area is 293 Å². The van der Waals surface area contributed by atoms with Crippen molar-refractivity contribution in [2.75, 3.05) is 50.2 Å². The molecule has 1 saturated carbocycles. The summed E-state index contributed by atoms with van der Waals surface area (Å²) in [6, 6.07) is 16.2. The molecule has 1 aliphatic heterocycles. The van der Waals surface area contributed by atoms with Gasteiger partial charge in [-0.05, 0) is 93.6 Å². The third-order valence-electron chi connectivity index (χ3n) is 9.50. The Morgan fingerprint density at radius 2 is 1.46 bits per heavy atom. The van der Waals surface area contributed by atoms with Gasteiger partial charge in [-0.15, -0.1) is 0 Å². The van der Waals surface area contributed by atoms with Crippen molar-refractivity contribution in [2.24, 2.45) is 11.8 Å². The molecule has 2 fully saturated rings. The summed E-state index contributed by atoms with van der Waals surface area (Å²) >= 11 is 0. The number of ether oxygens (including phenoxy) is 3. The molecule has 11 nitrogen and oxygen atoms in total. The van der Waals surface area contributed by atoms with Gasteiger partial charge in [0.2, 0.25) is 11.8 Å². The van der Waals surface area contributed by atoms with E-state index >= 15 is 0 Å². The predicted molar refractivity (Wildman–Crippen MR) is 190 cm³/mol. The number of aliphatic hydroxyl groups is 1. The maximum atomic E-state index is 14.3. The molecule has 3 amide bonds. The molecule has 11 heteroatoms. The fourth-order valence-electron chi connectivity index (χ4n) is 6.82. The number of benzene rings is 3. The van der Waals surface area contributed by atoms with E-state index in [2.05, 4.69) is 10.6 Å². The highest BCUT2D eigenvalue weighted by atomic mass is 16.5. The van der Waals surface area contributed by atoms with E-state index < -0.39 is 47.4 Å². The molecule has 0 bridgehead atoms. The zero-order valence-corrected chi connectivity index (χ0v) is 29.6. The molecule has 0 spiro atoms. The average molecular weight is 686 g/mol. The van der Waals surface area contributed by atoms with E-state index in [0.29, 0.717) is 49.0 Å². The monoisotopic (exact) mass is 685 g/mol. The number of carbonyl (C=O) groups is 4. The van der Waals surface area contributed by atoms with Gasteiger partial charge < -0.3 is 34.9 Å². The van der Waals surface area contributed by atoms with Crippen LogP contribution in [0.5, 0.6) is 11.5 Å². The fraction of sp³-hybridized carbons (Fsp3) is 0.436. The number of carbonyl (C=O) groups excluding carboxylic acids is 4.